The van der Waals surface area contributed by atoms with Gasteiger partial charge in [0.2, 0.25) is 0 Å². The predicted octanol–water partition coefficient (Wildman–Crippen LogP) is 4.03. The highest BCUT2D eigenvalue weighted by molar-refractivity contribution is 7.98. The fourth-order valence-electron chi connectivity index (χ4n) is 1.81. The van der Waals surface area contributed by atoms with Gasteiger partial charge in [0.25, 0.3) is 5.76 Å². The minimum Gasteiger partial charge on any atom is -0.497 e. The molecule has 114 valence electrons. The van der Waals surface area contributed by atoms with E-state index in [-0.39, 0.29) is 5.75 Å². The van der Waals surface area contributed by atoms with Crippen molar-refractivity contribution in [2.45, 2.75) is 24.6 Å². The van der Waals surface area contributed by atoms with E-state index in [1.165, 1.54) is 0 Å². The number of ether oxygens (including phenoxy) is 1. The van der Waals surface area contributed by atoms with Crippen molar-refractivity contribution in [3.05, 3.63) is 53.5 Å². The maximum atomic E-state index is 12.1. The molecule has 2 aromatic rings. The lowest BCUT2D eigenvalue weighted by atomic mass is 10.2. The molecule has 0 saturated heterocycles. The maximum Gasteiger partial charge on any atom is 0.284 e. The Labute approximate surface area is 126 Å². The molecule has 0 amide bonds. The van der Waals surface area contributed by atoms with Crippen molar-refractivity contribution >= 4 is 11.8 Å². The number of hydrogen-bond donors (Lipinski definition) is 1. The molecule has 0 aliphatic rings. The first-order valence-electron chi connectivity index (χ1n) is 6.48. The van der Waals surface area contributed by atoms with Crippen LogP contribution < -0.4 is 10.1 Å². The number of hydrogen-bond acceptors (Lipinski definition) is 4. The van der Waals surface area contributed by atoms with Crippen molar-refractivity contribution in [2.24, 2.45) is 0 Å². The Hall–Kier alpha value is -1.53. The summed E-state index contributed by atoms with van der Waals surface area (Å²) in [6.07, 6.45) is 0. The fraction of sp³-hybridized carbons (Fsp3) is 0.333. The van der Waals surface area contributed by atoms with Gasteiger partial charge in [-0.3, -0.25) is 0 Å². The zero-order chi connectivity index (χ0) is 15.1. The zero-order valence-electron chi connectivity index (χ0n) is 11.6. The first-order valence-corrected chi connectivity index (χ1v) is 7.53. The lowest BCUT2D eigenvalue weighted by Gasteiger charge is -2.04. The smallest absolute Gasteiger partial charge is 0.284 e. The lowest BCUT2D eigenvalue weighted by molar-refractivity contribution is 0.251. The Bertz CT molecular complexity index is 543. The average Bonchev–Trinajstić information content (AvgIpc) is 2.94. The van der Waals surface area contributed by atoms with Gasteiger partial charge in [0.15, 0.2) is 0 Å². The molecule has 0 saturated carbocycles. The monoisotopic (exact) mass is 313 g/mol. The van der Waals surface area contributed by atoms with Gasteiger partial charge in [0.05, 0.1) is 19.4 Å². The van der Waals surface area contributed by atoms with Gasteiger partial charge in [-0.15, -0.1) is 0 Å². The SMILES string of the molecule is COc1ccc(CNCc2ccc(CSC(F)F)o2)cc1. The van der Waals surface area contributed by atoms with Gasteiger partial charge in [-0.05, 0) is 29.8 Å². The van der Waals surface area contributed by atoms with Crippen LogP contribution in [0.4, 0.5) is 8.78 Å². The number of furan rings is 1. The van der Waals surface area contributed by atoms with Crippen LogP contribution in [0.1, 0.15) is 17.1 Å². The van der Waals surface area contributed by atoms with Crippen molar-refractivity contribution in [1.82, 2.24) is 5.32 Å². The van der Waals surface area contributed by atoms with Crippen molar-refractivity contribution in [2.75, 3.05) is 7.11 Å². The van der Waals surface area contributed by atoms with E-state index in [1.54, 1.807) is 13.2 Å². The third kappa shape index (κ3) is 5.40. The summed E-state index contributed by atoms with van der Waals surface area (Å²) >= 11 is 0.563. The molecule has 1 aromatic carbocycles. The molecule has 0 aliphatic carbocycles. The minimum atomic E-state index is -2.37. The summed E-state index contributed by atoms with van der Waals surface area (Å²) in [6.45, 7) is 1.26. The second-order valence-corrected chi connectivity index (χ2v) is 5.37. The molecule has 0 radical (unpaired) electrons. The molecule has 0 bridgehead atoms. The number of alkyl halides is 2. The normalized spacial score (nSPS) is 11.0. The summed E-state index contributed by atoms with van der Waals surface area (Å²) in [7, 11) is 1.63. The number of thioether (sulfide) groups is 1. The Morgan fingerprint density at radius 3 is 2.48 bits per heavy atom. The molecule has 6 heteroatoms. The molecule has 21 heavy (non-hydrogen) atoms. The molecular formula is C15H17F2NO2S. The Morgan fingerprint density at radius 1 is 1.10 bits per heavy atom. The van der Waals surface area contributed by atoms with Crippen LogP contribution in [0.15, 0.2) is 40.8 Å². The van der Waals surface area contributed by atoms with Gasteiger partial charge in [-0.1, -0.05) is 23.9 Å². The number of methoxy groups -OCH3 is 1. The summed E-state index contributed by atoms with van der Waals surface area (Å²) in [4.78, 5) is 0. The quantitative estimate of drug-likeness (QED) is 0.798. The van der Waals surface area contributed by atoms with E-state index in [9.17, 15) is 8.78 Å². The average molecular weight is 313 g/mol. The first-order chi connectivity index (χ1) is 10.2. The van der Waals surface area contributed by atoms with E-state index in [0.29, 0.717) is 30.6 Å². The molecule has 0 spiro atoms. The highest BCUT2D eigenvalue weighted by Gasteiger charge is 2.07. The van der Waals surface area contributed by atoms with Crippen LogP contribution in [0.3, 0.4) is 0 Å². The number of nitrogens with one attached hydrogen (secondary N) is 1. The van der Waals surface area contributed by atoms with Gasteiger partial charge in [-0.2, -0.15) is 8.78 Å². The molecule has 2 rings (SSSR count). The van der Waals surface area contributed by atoms with Gasteiger partial charge >= 0.3 is 0 Å². The summed E-state index contributed by atoms with van der Waals surface area (Å²) in [5.74, 6) is -0.0384. The van der Waals surface area contributed by atoms with Crippen LogP contribution in [0.5, 0.6) is 5.75 Å². The van der Waals surface area contributed by atoms with Gasteiger partial charge in [0.1, 0.15) is 17.3 Å². The van der Waals surface area contributed by atoms with Crippen LogP contribution >= 0.6 is 11.8 Å². The van der Waals surface area contributed by atoms with Crippen LogP contribution in [-0.4, -0.2) is 12.9 Å². The molecule has 0 unspecified atom stereocenters. The van der Waals surface area contributed by atoms with Gasteiger partial charge in [-0.25, -0.2) is 0 Å². The number of rotatable bonds is 8. The van der Waals surface area contributed by atoms with E-state index in [2.05, 4.69) is 5.32 Å². The standard InChI is InChI=1S/C15H17F2NO2S/c1-19-12-4-2-11(3-5-12)8-18-9-13-6-7-14(20-13)10-21-15(16)17/h2-7,15,18H,8-10H2,1H3. The zero-order valence-corrected chi connectivity index (χ0v) is 12.5. The third-order valence-electron chi connectivity index (χ3n) is 2.86. The molecule has 1 N–H and O–H groups in total. The van der Waals surface area contributed by atoms with Gasteiger partial charge in [0, 0.05) is 6.54 Å². The molecule has 0 aliphatic heterocycles. The van der Waals surface area contributed by atoms with Crippen molar-refractivity contribution < 1.29 is 17.9 Å². The van der Waals surface area contributed by atoms with Crippen molar-refractivity contribution in [3.63, 3.8) is 0 Å². The van der Waals surface area contributed by atoms with E-state index in [0.717, 1.165) is 17.1 Å². The minimum absolute atomic E-state index is 0.191. The van der Waals surface area contributed by atoms with Crippen LogP contribution in [-0.2, 0) is 18.8 Å². The fourth-order valence-corrected chi connectivity index (χ4v) is 2.26. The number of halogens is 2. The molecular weight excluding hydrogens is 296 g/mol. The summed E-state index contributed by atoms with van der Waals surface area (Å²) in [5.41, 5.74) is 1.14. The lowest BCUT2D eigenvalue weighted by Crippen LogP contribution is -2.11. The van der Waals surface area contributed by atoms with Crippen LogP contribution in [0.2, 0.25) is 0 Å². The predicted molar refractivity (Wildman–Crippen MR) is 79.5 cm³/mol. The largest absolute Gasteiger partial charge is 0.497 e. The van der Waals surface area contributed by atoms with Crippen molar-refractivity contribution in [1.29, 1.82) is 0 Å². The second kappa shape index (κ2) is 8.05. The second-order valence-electron chi connectivity index (χ2n) is 4.39. The molecule has 1 heterocycles. The Kier molecular flexibility index (Phi) is 6.07. The molecule has 0 fully saturated rings. The van der Waals surface area contributed by atoms with E-state index >= 15 is 0 Å². The molecule has 1 aromatic heterocycles. The Morgan fingerprint density at radius 2 is 1.81 bits per heavy atom. The van der Waals surface area contributed by atoms with Crippen molar-refractivity contribution in [3.8, 4) is 5.75 Å². The number of benzene rings is 1. The summed E-state index contributed by atoms with van der Waals surface area (Å²) in [5, 5.41) is 3.24. The maximum absolute atomic E-state index is 12.1. The molecule has 0 atom stereocenters. The van der Waals surface area contributed by atoms with E-state index in [1.807, 2.05) is 30.3 Å². The Balaban J connectivity index is 1.75. The van der Waals surface area contributed by atoms with E-state index < -0.39 is 5.76 Å². The highest BCUT2D eigenvalue weighted by Crippen LogP contribution is 2.21. The topological polar surface area (TPSA) is 34.4 Å². The summed E-state index contributed by atoms with van der Waals surface area (Å²) in [6, 6.07) is 11.3. The van der Waals surface area contributed by atoms with Crippen LogP contribution in [0, 0.1) is 0 Å². The third-order valence-corrected chi connectivity index (χ3v) is 3.56. The summed E-state index contributed by atoms with van der Waals surface area (Å²) < 4.78 is 34.7. The molecule has 3 nitrogen and oxygen atoms in total. The van der Waals surface area contributed by atoms with Crippen LogP contribution in [0.25, 0.3) is 0 Å². The first kappa shape index (κ1) is 15.9. The highest BCUT2D eigenvalue weighted by atomic mass is 32.2. The van der Waals surface area contributed by atoms with E-state index in [4.69, 9.17) is 9.15 Å². The van der Waals surface area contributed by atoms with Gasteiger partial charge < -0.3 is 14.5 Å².